The lowest BCUT2D eigenvalue weighted by atomic mass is 9.61. The number of carboxylic acid groups (broad SMARTS) is 1. The second-order valence-corrected chi connectivity index (χ2v) is 8.58. The molecule has 2 bridgehead atoms. The number of nitrogens with zero attached hydrogens (tertiary/aromatic N) is 4. The Morgan fingerprint density at radius 1 is 1.26 bits per heavy atom. The van der Waals surface area contributed by atoms with Gasteiger partial charge in [0.15, 0.2) is 0 Å². The van der Waals surface area contributed by atoms with E-state index in [2.05, 4.69) is 20.4 Å². The zero-order chi connectivity index (χ0) is 21.1. The molecule has 0 saturated heterocycles. The van der Waals surface area contributed by atoms with Gasteiger partial charge in [0, 0.05) is 29.4 Å². The van der Waals surface area contributed by atoms with Crippen molar-refractivity contribution in [3.05, 3.63) is 42.6 Å². The third kappa shape index (κ3) is 2.87. The predicted molar refractivity (Wildman–Crippen MR) is 112 cm³/mol. The van der Waals surface area contributed by atoms with Crippen LogP contribution in [-0.4, -0.2) is 41.7 Å². The Bertz CT molecular complexity index is 1310. The lowest BCUT2D eigenvalue weighted by Crippen LogP contribution is -2.51. The first-order valence-electron chi connectivity index (χ1n) is 10.6. The van der Waals surface area contributed by atoms with Crippen molar-refractivity contribution in [2.24, 2.45) is 17.8 Å². The molecule has 3 fully saturated rings. The van der Waals surface area contributed by atoms with Crippen molar-refractivity contribution in [3.63, 3.8) is 0 Å². The molecule has 1 unspecified atom stereocenters. The van der Waals surface area contributed by atoms with Gasteiger partial charge in [-0.15, -0.1) is 5.10 Å². The number of H-pyrrole nitrogens is 1. The first-order valence-corrected chi connectivity index (χ1v) is 10.6. The summed E-state index contributed by atoms with van der Waals surface area (Å²) in [6, 6.07) is 5.00. The normalized spacial score (nSPS) is 25.3. The molecule has 8 nitrogen and oxygen atoms in total. The van der Waals surface area contributed by atoms with Crippen LogP contribution in [0.15, 0.2) is 36.8 Å². The van der Waals surface area contributed by atoms with E-state index in [-0.39, 0.29) is 12.0 Å². The Balaban J connectivity index is 1.45. The van der Waals surface area contributed by atoms with E-state index in [0.29, 0.717) is 28.6 Å². The number of fused-ring (bicyclic) bond motifs is 5. The van der Waals surface area contributed by atoms with Crippen molar-refractivity contribution in [1.29, 1.82) is 0 Å². The molecule has 0 amide bonds. The fraction of sp³-hybridized carbons (Fsp3) is 0.364. The largest absolute Gasteiger partial charge is 0.481 e. The first-order chi connectivity index (χ1) is 15.1. The number of hydrogen-bond acceptors (Lipinski definition) is 5. The number of anilines is 1. The van der Waals surface area contributed by atoms with E-state index in [9.17, 15) is 14.3 Å². The molecule has 158 valence electrons. The Kier molecular flexibility index (Phi) is 3.99. The van der Waals surface area contributed by atoms with Gasteiger partial charge in [-0.2, -0.15) is 0 Å². The van der Waals surface area contributed by atoms with E-state index in [1.54, 1.807) is 10.7 Å². The lowest BCUT2D eigenvalue weighted by molar-refractivity contribution is -0.148. The molecule has 4 aromatic rings. The number of hydrogen-bond donors (Lipinski definition) is 3. The van der Waals surface area contributed by atoms with Crippen molar-refractivity contribution >= 4 is 28.5 Å². The number of rotatable bonds is 4. The maximum atomic E-state index is 13.9. The predicted octanol–water partition coefficient (Wildman–Crippen LogP) is 3.71. The molecule has 3 saturated carbocycles. The van der Waals surface area contributed by atoms with E-state index in [1.807, 2.05) is 18.3 Å². The van der Waals surface area contributed by atoms with Gasteiger partial charge in [0.05, 0.1) is 17.6 Å². The zero-order valence-corrected chi connectivity index (χ0v) is 16.6. The summed E-state index contributed by atoms with van der Waals surface area (Å²) in [6.45, 7) is 0. The summed E-state index contributed by atoms with van der Waals surface area (Å²) in [5, 5.41) is 18.4. The first kappa shape index (κ1) is 18.3. The molecule has 4 aromatic heterocycles. The summed E-state index contributed by atoms with van der Waals surface area (Å²) in [7, 11) is 0. The third-order valence-electron chi connectivity index (χ3n) is 6.94. The fourth-order valence-corrected chi connectivity index (χ4v) is 5.53. The van der Waals surface area contributed by atoms with Crippen LogP contribution in [0.1, 0.15) is 25.7 Å². The van der Waals surface area contributed by atoms with Gasteiger partial charge < -0.3 is 15.4 Å². The maximum Gasteiger partial charge on any atom is 0.308 e. The molecule has 4 heterocycles. The molecule has 3 N–H and O–H groups in total. The smallest absolute Gasteiger partial charge is 0.308 e. The topological polar surface area (TPSA) is 108 Å². The van der Waals surface area contributed by atoms with Gasteiger partial charge in [-0.25, -0.2) is 18.9 Å². The number of carbonyl (C=O) groups is 1. The van der Waals surface area contributed by atoms with Crippen LogP contribution in [0.25, 0.3) is 27.8 Å². The number of pyridine rings is 1. The van der Waals surface area contributed by atoms with E-state index in [1.165, 1.54) is 12.3 Å². The number of aromatic nitrogens is 5. The van der Waals surface area contributed by atoms with E-state index in [0.717, 1.165) is 36.8 Å². The minimum absolute atomic E-state index is 0.192. The lowest BCUT2D eigenvalue weighted by Gasteiger charge is -2.46. The highest BCUT2D eigenvalue weighted by atomic mass is 19.1. The van der Waals surface area contributed by atoms with Gasteiger partial charge in [0.1, 0.15) is 17.2 Å². The second-order valence-electron chi connectivity index (χ2n) is 8.58. The third-order valence-corrected chi connectivity index (χ3v) is 6.94. The summed E-state index contributed by atoms with van der Waals surface area (Å²) >= 11 is 0. The van der Waals surface area contributed by atoms with Gasteiger partial charge >= 0.3 is 5.97 Å². The van der Waals surface area contributed by atoms with Crippen LogP contribution in [0.3, 0.4) is 0 Å². The number of halogens is 1. The van der Waals surface area contributed by atoms with Crippen molar-refractivity contribution in [1.82, 2.24) is 24.6 Å². The van der Waals surface area contributed by atoms with Crippen LogP contribution in [0.2, 0.25) is 0 Å². The molecule has 0 aromatic carbocycles. The average Bonchev–Trinajstić information content (AvgIpc) is 3.40. The number of aliphatic carboxylic acids is 1. The van der Waals surface area contributed by atoms with Gasteiger partial charge in [0.25, 0.3) is 0 Å². The highest BCUT2D eigenvalue weighted by Gasteiger charge is 2.47. The molecular formula is C22H21FN6O2. The fourth-order valence-electron chi connectivity index (χ4n) is 5.53. The molecule has 0 aliphatic heterocycles. The molecular weight excluding hydrogens is 399 g/mol. The SMILES string of the molecule is O=C(O)[C@H]1C2CCC(CC2)C1Nc1nc(-c2c[nH]c3ncc(F)cc23)c2cccn2n1. The Hall–Kier alpha value is -3.49. The molecule has 2 atom stereocenters. The van der Waals surface area contributed by atoms with Gasteiger partial charge in [-0.1, -0.05) is 0 Å². The highest BCUT2D eigenvalue weighted by molar-refractivity contribution is 5.96. The minimum Gasteiger partial charge on any atom is -0.481 e. The van der Waals surface area contributed by atoms with Crippen LogP contribution in [0.5, 0.6) is 0 Å². The molecule has 0 spiro atoms. The monoisotopic (exact) mass is 420 g/mol. The van der Waals surface area contributed by atoms with Crippen LogP contribution in [-0.2, 0) is 4.79 Å². The molecule has 3 aliphatic rings. The zero-order valence-electron chi connectivity index (χ0n) is 16.6. The quantitative estimate of drug-likeness (QED) is 0.464. The molecule has 31 heavy (non-hydrogen) atoms. The Labute approximate surface area is 176 Å². The number of nitrogens with one attached hydrogen (secondary N) is 2. The molecule has 0 radical (unpaired) electrons. The van der Waals surface area contributed by atoms with Gasteiger partial charge in [-0.05, 0) is 55.7 Å². The molecule has 3 aliphatic carbocycles. The van der Waals surface area contributed by atoms with Gasteiger partial charge in [-0.3, -0.25) is 4.79 Å². The van der Waals surface area contributed by atoms with Crippen LogP contribution in [0.4, 0.5) is 10.3 Å². The summed E-state index contributed by atoms with van der Waals surface area (Å²) in [5.41, 5.74) is 2.70. The Morgan fingerprint density at radius 3 is 2.87 bits per heavy atom. The van der Waals surface area contributed by atoms with Crippen LogP contribution >= 0.6 is 0 Å². The average molecular weight is 420 g/mol. The summed E-state index contributed by atoms with van der Waals surface area (Å²) in [4.78, 5) is 24.0. The highest BCUT2D eigenvalue weighted by Crippen LogP contribution is 2.46. The molecule has 9 heteroatoms. The van der Waals surface area contributed by atoms with Crippen molar-refractivity contribution in [2.45, 2.75) is 31.7 Å². The van der Waals surface area contributed by atoms with Crippen molar-refractivity contribution in [2.75, 3.05) is 5.32 Å². The Morgan fingerprint density at radius 2 is 2.06 bits per heavy atom. The number of aromatic amines is 1. The van der Waals surface area contributed by atoms with Crippen molar-refractivity contribution in [3.8, 4) is 11.3 Å². The van der Waals surface area contributed by atoms with Gasteiger partial charge in [0.2, 0.25) is 5.95 Å². The van der Waals surface area contributed by atoms with Crippen molar-refractivity contribution < 1.29 is 14.3 Å². The second kappa shape index (κ2) is 6.76. The van der Waals surface area contributed by atoms with E-state index < -0.39 is 17.7 Å². The number of carboxylic acids is 1. The summed E-state index contributed by atoms with van der Waals surface area (Å²) in [5.74, 6) is -0.753. The van der Waals surface area contributed by atoms with Crippen LogP contribution in [0, 0.1) is 23.6 Å². The maximum absolute atomic E-state index is 13.9. The summed E-state index contributed by atoms with van der Waals surface area (Å²) in [6.07, 6.45) is 8.75. The standard InChI is InChI=1S/C22H21FN6O2/c23-13-8-14-15(10-25-20(14)24-9-13)19-16-2-1-7-29(16)28-22(27-19)26-18-12-5-3-11(4-6-12)17(18)21(30)31/h1-2,7-12,17-18H,3-6H2,(H,24,25)(H,26,28)(H,30,31)/t11?,12?,17-,18?/m0/s1. The minimum atomic E-state index is -0.757. The van der Waals surface area contributed by atoms with E-state index >= 15 is 0 Å². The van der Waals surface area contributed by atoms with E-state index in [4.69, 9.17) is 4.98 Å². The molecule has 7 rings (SSSR count). The summed E-state index contributed by atoms with van der Waals surface area (Å²) < 4.78 is 15.6. The van der Waals surface area contributed by atoms with Crippen LogP contribution < -0.4 is 5.32 Å².